The fourth-order valence-corrected chi connectivity index (χ4v) is 0.500. The molecule has 0 aliphatic rings. The zero-order chi connectivity index (χ0) is 4.83. The Morgan fingerprint density at radius 2 is 1.12 bits per heavy atom. The van der Waals surface area contributed by atoms with Gasteiger partial charge >= 0.3 is 0 Å². The summed E-state index contributed by atoms with van der Waals surface area (Å²) >= 11 is 0. The normalized spacial score (nSPS) is 6.75. The molecule has 0 bridgehead atoms. The summed E-state index contributed by atoms with van der Waals surface area (Å²) in [5, 5.41) is 0. The molecule has 0 N–H and O–H groups in total. The molecule has 0 aromatic rings. The van der Waals surface area contributed by atoms with Gasteiger partial charge in [-0.2, -0.15) is 0 Å². The lowest BCUT2D eigenvalue weighted by Gasteiger charge is -1.86. The molecule has 0 saturated heterocycles. The van der Waals surface area contributed by atoms with E-state index in [0.29, 0.717) is 0 Å². The van der Waals surface area contributed by atoms with E-state index in [4.69, 9.17) is 0 Å². The fraction of sp³-hybridized carbons (Fsp3) is 1.00. The van der Waals surface area contributed by atoms with Crippen LogP contribution in [-0.4, -0.2) is 0 Å². The predicted octanol–water partition coefficient (Wildman–Crippen LogP) is 1.99. The number of rotatable bonds is 3. The van der Waals surface area contributed by atoms with Crippen LogP contribution in [-0.2, 0) is 5.48 Å². The second-order valence-electron chi connectivity index (χ2n) is 1.71. The zero-order valence-corrected chi connectivity index (χ0v) is 5.68. The topological polar surface area (TPSA) is 59.0 Å². The van der Waals surface area contributed by atoms with E-state index in [1.54, 1.807) is 0 Å². The Bertz CT molecular complexity index is 20.5. The minimum Gasteiger partial charge on any atom is -0.0654 e. The van der Waals surface area contributed by atoms with Gasteiger partial charge in [-0.3, -0.25) is 0 Å². The summed E-state index contributed by atoms with van der Waals surface area (Å²) in [5.41, 5.74) is 0. The molecule has 0 rings (SSSR count). The zero-order valence-electron chi connectivity index (χ0n) is 5.68. The number of unbranched alkanes of at least 4 members (excludes halogenated alkanes) is 3. The average molecular weight is 116 g/mol. The summed E-state index contributed by atoms with van der Waals surface area (Å²) in [6.45, 7) is 4.46. The van der Waals surface area contributed by atoms with Crippen molar-refractivity contribution in [3.8, 4) is 0 Å². The third kappa shape index (κ3) is 16.8. The lowest BCUT2D eigenvalue weighted by atomic mass is 10.2. The average Bonchev–Trinajstić information content (AvgIpc) is 1.61. The summed E-state index contributed by atoms with van der Waals surface area (Å²) in [6, 6.07) is 0. The second kappa shape index (κ2) is 15.8. The summed E-state index contributed by atoms with van der Waals surface area (Å²) < 4.78 is 0. The van der Waals surface area contributed by atoms with Crippen LogP contribution in [0.25, 0.3) is 0 Å². The van der Waals surface area contributed by atoms with Gasteiger partial charge in [0, 0.05) is 11.6 Å². The van der Waals surface area contributed by atoms with Gasteiger partial charge in [-0.1, -0.05) is 39.5 Å². The molecule has 0 amide bonds. The minimum absolute atomic E-state index is 0. The van der Waals surface area contributed by atoms with Crippen molar-refractivity contribution in [2.45, 2.75) is 39.5 Å². The van der Waals surface area contributed by atoms with Gasteiger partial charge in [-0.25, -0.2) is 0 Å². The largest absolute Gasteiger partial charge is 0.0654 e. The van der Waals surface area contributed by atoms with Crippen molar-refractivity contribution in [3.05, 3.63) is 0 Å². The Morgan fingerprint density at radius 3 is 1.25 bits per heavy atom. The molecule has 0 aliphatic heterocycles. The molecule has 0 atom stereocenters. The van der Waals surface area contributed by atoms with Crippen molar-refractivity contribution in [3.63, 3.8) is 0 Å². The molecule has 2 nitrogen and oxygen atoms in total. The van der Waals surface area contributed by atoms with Gasteiger partial charge in [0.2, 0.25) is 0 Å². The molecule has 0 saturated carbocycles. The summed E-state index contributed by atoms with van der Waals surface area (Å²) in [4.78, 5) is 0. The smallest absolute Gasteiger partial charge is 0 e. The summed E-state index contributed by atoms with van der Waals surface area (Å²) in [6.07, 6.45) is 5.54. The SMILES string of the molecule is CCCCCC.[N].[O]. The van der Waals surface area contributed by atoms with Gasteiger partial charge in [0.05, 0.1) is 0 Å². The fourth-order valence-electron chi connectivity index (χ4n) is 0.500. The van der Waals surface area contributed by atoms with E-state index in [1.807, 2.05) is 0 Å². The quantitative estimate of drug-likeness (QED) is 0.506. The lowest BCUT2D eigenvalue weighted by molar-refractivity contribution is 0.686. The van der Waals surface area contributed by atoms with E-state index in [2.05, 4.69) is 13.8 Å². The number of nitrogens with zero attached hydrogens (tertiary/aromatic N) is 1. The highest BCUT2D eigenvalue weighted by molar-refractivity contribution is 4.31. The molecular formula is C6H14NO. The highest BCUT2D eigenvalue weighted by Gasteiger charge is 1.75. The van der Waals surface area contributed by atoms with Crippen LogP contribution >= 0.6 is 0 Å². The first-order valence-corrected chi connectivity index (χ1v) is 2.91. The molecule has 2 heteroatoms. The first-order chi connectivity index (χ1) is 2.91. The van der Waals surface area contributed by atoms with Crippen LogP contribution in [0.5, 0.6) is 0 Å². The Morgan fingerprint density at radius 1 is 0.875 bits per heavy atom. The Labute approximate surface area is 52.2 Å². The molecule has 0 aromatic heterocycles. The minimum atomic E-state index is 0. The van der Waals surface area contributed by atoms with E-state index >= 15 is 0 Å². The van der Waals surface area contributed by atoms with Crippen molar-refractivity contribution in [2.75, 3.05) is 0 Å². The van der Waals surface area contributed by atoms with E-state index < -0.39 is 0 Å². The second-order valence-corrected chi connectivity index (χ2v) is 1.71. The van der Waals surface area contributed by atoms with Gasteiger partial charge in [0.15, 0.2) is 0 Å². The monoisotopic (exact) mass is 116 g/mol. The van der Waals surface area contributed by atoms with Crippen LogP contribution in [0.1, 0.15) is 39.5 Å². The Balaban J connectivity index is -0.000000125. The van der Waals surface area contributed by atoms with Crippen LogP contribution in [0.3, 0.4) is 0 Å². The highest BCUT2D eigenvalue weighted by Crippen LogP contribution is 1.95. The van der Waals surface area contributed by atoms with E-state index in [0.717, 1.165) is 0 Å². The molecule has 0 aromatic carbocycles. The maximum atomic E-state index is 2.23. The molecule has 0 unspecified atom stereocenters. The molecule has 0 fully saturated rings. The molecule has 49 valence electrons. The molecule has 0 spiro atoms. The summed E-state index contributed by atoms with van der Waals surface area (Å²) in [7, 11) is 0. The number of hydrogen-bond donors (Lipinski definition) is 0. The number of hydrogen-bond acceptors (Lipinski definition) is 0. The van der Waals surface area contributed by atoms with Crippen LogP contribution < -0.4 is 6.15 Å². The van der Waals surface area contributed by atoms with Gasteiger partial charge in [-0.15, -0.1) is 0 Å². The van der Waals surface area contributed by atoms with E-state index in [9.17, 15) is 0 Å². The molecular weight excluding hydrogens is 102 g/mol. The van der Waals surface area contributed by atoms with Crippen LogP contribution in [0, 0.1) is 0 Å². The van der Waals surface area contributed by atoms with Gasteiger partial charge in [0.1, 0.15) is 0 Å². The third-order valence-corrected chi connectivity index (χ3v) is 0.957. The molecule has 0 aliphatic carbocycles. The van der Waals surface area contributed by atoms with E-state index in [1.165, 1.54) is 25.7 Å². The van der Waals surface area contributed by atoms with Crippen molar-refractivity contribution in [1.82, 2.24) is 6.15 Å². The van der Waals surface area contributed by atoms with Gasteiger partial charge in [-0.05, 0) is 0 Å². The van der Waals surface area contributed by atoms with Gasteiger partial charge < -0.3 is 0 Å². The Hall–Kier alpha value is -0.0800. The van der Waals surface area contributed by atoms with E-state index in [-0.39, 0.29) is 11.6 Å². The third-order valence-electron chi connectivity index (χ3n) is 0.957. The standard InChI is InChI=1S/C6H14.N.O/c1-3-5-6-4-2;;/h3-6H2,1-2H3;;. The highest BCUT2D eigenvalue weighted by atomic mass is 16.0. The summed E-state index contributed by atoms with van der Waals surface area (Å²) in [5.74, 6) is 0. The van der Waals surface area contributed by atoms with Crippen molar-refractivity contribution >= 4 is 0 Å². The van der Waals surface area contributed by atoms with Crippen molar-refractivity contribution < 1.29 is 5.48 Å². The van der Waals surface area contributed by atoms with Crippen molar-refractivity contribution in [2.24, 2.45) is 0 Å². The first kappa shape index (κ1) is 15.7. The predicted molar refractivity (Wildman–Crippen MR) is 32.6 cm³/mol. The molecule has 5 radical (unpaired) electrons. The maximum absolute atomic E-state index is 2.23. The maximum Gasteiger partial charge on any atom is 0 e. The lowest BCUT2D eigenvalue weighted by Crippen LogP contribution is -1.66. The Kier molecular flexibility index (Phi) is 30.9. The van der Waals surface area contributed by atoms with Crippen LogP contribution in [0.4, 0.5) is 0 Å². The first-order valence-electron chi connectivity index (χ1n) is 2.91. The van der Waals surface area contributed by atoms with Crippen LogP contribution in [0.15, 0.2) is 0 Å². The van der Waals surface area contributed by atoms with Gasteiger partial charge in [0.25, 0.3) is 0 Å². The van der Waals surface area contributed by atoms with Crippen LogP contribution in [0.2, 0.25) is 0 Å². The van der Waals surface area contributed by atoms with Crippen molar-refractivity contribution in [1.29, 1.82) is 0 Å². The molecule has 0 heterocycles. The molecule has 8 heavy (non-hydrogen) atoms.